The number of aliphatic hydroxyl groups is 8. The van der Waals surface area contributed by atoms with E-state index in [1.807, 2.05) is 24.9 Å². The lowest BCUT2D eigenvalue weighted by atomic mass is 9.94. The molecule has 111 heavy (non-hydrogen) atoms. The van der Waals surface area contributed by atoms with E-state index < -0.39 is 155 Å². The first-order valence-electron chi connectivity index (χ1n) is 36.9. The maximum Gasteiger partial charge on any atom is 0.166 e. The minimum absolute atomic E-state index is 0.347. The minimum atomic E-state index is -1.43. The van der Waals surface area contributed by atoms with Crippen LogP contribution < -0.4 is 28.7 Å². The van der Waals surface area contributed by atoms with Gasteiger partial charge >= 0.3 is 0 Å². The number of amidine groups is 5. The number of nitrogens with zero attached hydrogens (tertiary/aromatic N) is 10. The molecule has 20 atom stereocenters. The van der Waals surface area contributed by atoms with Crippen molar-refractivity contribution in [2.24, 2.45) is 53.6 Å². The van der Waals surface area contributed by atoms with Crippen molar-refractivity contribution >= 4 is 95.1 Å². The molecule has 35 heteroatoms. The first kappa shape index (κ1) is 91.2. The van der Waals surface area contributed by atoms with Gasteiger partial charge in [-0.3, -0.25) is 0 Å². The van der Waals surface area contributed by atoms with E-state index in [1.165, 1.54) is 0 Å². The lowest BCUT2D eigenvalue weighted by Crippen LogP contribution is -2.51. The van der Waals surface area contributed by atoms with Crippen LogP contribution in [-0.2, 0) is 33.2 Å². The third kappa shape index (κ3) is 21.8. The largest absolute Gasteiger partial charge is 0.387 e. The molecule has 12 rings (SSSR count). The van der Waals surface area contributed by atoms with E-state index in [9.17, 15) is 40.9 Å². The highest BCUT2D eigenvalue weighted by atomic mass is 31.2. The summed E-state index contributed by atoms with van der Waals surface area (Å²) in [6.07, 6.45) is 34.1. The third-order valence-electron chi connectivity index (χ3n) is 21.1. The number of nitrogens with two attached hydrogens (primary N) is 5. The number of fused-ring (bicyclic) bond motifs is 4. The van der Waals surface area contributed by atoms with Crippen LogP contribution in [-0.4, -0.2) is 357 Å². The van der Waals surface area contributed by atoms with Crippen LogP contribution in [0.1, 0.15) is 59.8 Å². The predicted molar refractivity (Wildman–Crippen MR) is 463 cm³/mol. The van der Waals surface area contributed by atoms with Crippen molar-refractivity contribution in [3.63, 3.8) is 0 Å². The molecule has 0 aromatic heterocycles. The minimum Gasteiger partial charge on any atom is -0.387 e. The first-order chi connectivity index (χ1) is 50.9. The van der Waals surface area contributed by atoms with Crippen LogP contribution in [0.4, 0.5) is 0 Å². The Morgan fingerprint density at radius 2 is 0.748 bits per heavy atom. The summed E-state index contributed by atoms with van der Waals surface area (Å²) >= 11 is 0. The van der Waals surface area contributed by atoms with Crippen LogP contribution in [0.5, 0.6) is 0 Å². The molecular weight excluding hydrogens is 1520 g/mol. The summed E-state index contributed by atoms with van der Waals surface area (Å²) in [4.78, 5) is 29.0. The zero-order valence-electron chi connectivity index (χ0n) is 67.4. The van der Waals surface area contributed by atoms with E-state index in [-0.39, 0.29) is 0 Å². The Labute approximate surface area is 657 Å². The number of aliphatic hydroxyl groups excluding tert-OH is 6. The van der Waals surface area contributed by atoms with Crippen LogP contribution >= 0.6 is 34.4 Å². The zero-order valence-corrected chi connectivity index (χ0v) is 71.9. The van der Waals surface area contributed by atoms with Crippen molar-refractivity contribution in [3.8, 4) is 0 Å². The molecule has 12 aliphatic heterocycles. The van der Waals surface area contributed by atoms with Crippen LogP contribution in [0.15, 0.2) is 148 Å². The zero-order chi connectivity index (χ0) is 83.2. The molecule has 0 aromatic rings. The van der Waals surface area contributed by atoms with Gasteiger partial charge in [-0.1, -0.05) is 32.9 Å². The third-order valence-corrected chi connectivity index (χ3v) is 28.4. The Kier molecular flexibility index (Phi) is 28.3. The van der Waals surface area contributed by atoms with Gasteiger partial charge in [-0.05, 0) is 182 Å². The highest BCUT2D eigenvalue weighted by molar-refractivity contribution is 7.73. The Hall–Kier alpha value is -5.35. The van der Waals surface area contributed by atoms with Gasteiger partial charge in [0.1, 0.15) is 130 Å². The van der Waals surface area contributed by atoms with Gasteiger partial charge in [-0.25, -0.2) is 25.0 Å². The van der Waals surface area contributed by atoms with E-state index in [0.717, 1.165) is 49.2 Å². The van der Waals surface area contributed by atoms with Gasteiger partial charge in [0.25, 0.3) is 0 Å². The number of rotatable bonds is 20. The second-order valence-electron chi connectivity index (χ2n) is 34.7. The highest BCUT2D eigenvalue weighted by Crippen LogP contribution is 2.52. The topological polar surface area (TPSA) is 435 Å². The number of ether oxygens (including phenoxy) is 7. The standard InChI is InChI=1S/C16H26N3O3P.C15H24N3O3P.3C15H26N3O3P/c1-10-8-19(11(2)18-14(10)17)15-12-13(20)16(22-15,9-21-12)6-7-23(3,4)5;1-10-17-11(16)5-7-18(10)14-12-13(19)15(21-14,9-20-12)6-8-22(2,3)4;2*1-10-17-12(16)6-8-18(10)14-15(2,20)13(19)11(21-14)7-9-22(3,4)5;1-10-17-11(16)6-8-18(10)14-12(19)13(20)15(2,21-14)7-9-22(3,4)5/h8,12-13,15,20H,2-3,6-7,9H2,1,4-5H3,(H2,17,18);5,7,12-14,19H,1-2,6,8-9H2,3-4H3,(H2,16,17);2*6,8,11,13-14,19-20H,1,3,7,9H2,2,4-5H3,(H2,16,17);6,8,12-14,19-20H,1,3,7,9H2,2,4-5H3,(H2,16,17)/t12-,13+,15?,16+;12-,13+,14?,15+;11-,13-,14?,15+;11-,13-,14?,15-;12-,13+,14-,15-/m11111/s1. The van der Waals surface area contributed by atoms with Crippen LogP contribution in [0.2, 0.25) is 0 Å². The molecule has 4 bridgehead atoms. The number of hydrogen-bond donors (Lipinski definition) is 13. The summed E-state index contributed by atoms with van der Waals surface area (Å²) < 4.78 is 42.0. The summed E-state index contributed by atoms with van der Waals surface area (Å²) in [5, 5.41) is 84.3. The van der Waals surface area contributed by atoms with E-state index in [1.54, 1.807) is 82.6 Å². The van der Waals surface area contributed by atoms with Gasteiger partial charge in [0.15, 0.2) is 31.1 Å². The van der Waals surface area contributed by atoms with Crippen molar-refractivity contribution in [1.82, 2.24) is 24.5 Å². The van der Waals surface area contributed by atoms with Gasteiger partial charge in [-0.2, -0.15) is 0 Å². The summed E-state index contributed by atoms with van der Waals surface area (Å²) in [6.45, 7) is 42.5. The summed E-state index contributed by atoms with van der Waals surface area (Å²) in [6, 6.07) is 0. The van der Waals surface area contributed by atoms with Crippen molar-refractivity contribution in [2.75, 3.05) is 111 Å². The smallest absolute Gasteiger partial charge is 0.166 e. The fraction of sp³-hybridized carbons (Fsp3) is 0.605. The average Bonchev–Trinajstić information content (AvgIpc) is 1.65. The van der Waals surface area contributed by atoms with Crippen LogP contribution in [0.3, 0.4) is 0 Å². The lowest BCUT2D eigenvalue weighted by molar-refractivity contribution is -0.181. The highest BCUT2D eigenvalue weighted by Gasteiger charge is 2.64. The maximum absolute atomic E-state index is 10.7. The van der Waals surface area contributed by atoms with Crippen LogP contribution in [0, 0.1) is 0 Å². The van der Waals surface area contributed by atoms with Crippen molar-refractivity contribution in [2.45, 2.75) is 180 Å². The van der Waals surface area contributed by atoms with Gasteiger partial charge < -0.3 is 127 Å². The second kappa shape index (κ2) is 34.5. The maximum atomic E-state index is 10.7. The molecule has 7 saturated heterocycles. The van der Waals surface area contributed by atoms with Gasteiger partial charge in [0.2, 0.25) is 0 Å². The molecule has 18 N–H and O–H groups in total. The molecule has 4 unspecified atom stereocenters. The summed E-state index contributed by atoms with van der Waals surface area (Å²) in [5.41, 5.74) is 24.2. The molecule has 12 heterocycles. The molecule has 12 aliphatic rings. The monoisotopic (exact) mass is 1650 g/mol. The average molecular weight is 1650 g/mol. The van der Waals surface area contributed by atoms with Crippen molar-refractivity contribution in [3.05, 3.63) is 123 Å². The molecule has 0 amide bonds. The van der Waals surface area contributed by atoms with Crippen molar-refractivity contribution in [1.29, 1.82) is 0 Å². The fourth-order valence-electron chi connectivity index (χ4n) is 14.2. The first-order valence-corrected chi connectivity index (χ1v) is 52.2. The van der Waals surface area contributed by atoms with Crippen molar-refractivity contribution < 1.29 is 74.0 Å². The molecular formula is C76H128N15O15P5. The molecule has 622 valence electrons. The molecule has 0 aliphatic carbocycles. The molecule has 0 aromatic carbocycles. The van der Waals surface area contributed by atoms with Gasteiger partial charge in [0, 0.05) is 36.6 Å². The van der Waals surface area contributed by atoms with Crippen LogP contribution in [0.25, 0.3) is 0 Å². The van der Waals surface area contributed by atoms with E-state index >= 15 is 0 Å². The quantitative estimate of drug-likeness (QED) is 0.0777. The fourth-order valence-corrected chi connectivity index (χ4v) is 19.1. The Bertz CT molecular complexity index is 3980. The van der Waals surface area contributed by atoms with E-state index in [0.29, 0.717) is 90.8 Å². The normalized spacial score (nSPS) is 36.5. The molecule has 30 nitrogen and oxygen atoms in total. The number of aliphatic imine (C=N–C) groups is 5. The van der Waals surface area contributed by atoms with Gasteiger partial charge in [-0.15, -0.1) is 65.9 Å². The molecule has 7 fully saturated rings. The second-order valence-corrected chi connectivity index (χ2v) is 56.3. The SMILES string of the molecule is C=C1N=C(N)C(C)=CN1C1O[C@@]2(CCP(=C)(C)C)CO[C@@H]1[C@@H]2O.C=C1N=C(N)C=CN1C1O[C@@]2(CCP(=C)(C)C)CO[C@@H]1[C@@H]2O.C=C1N=C(N)C=CN1C1O[C@H](CCP(=C)(C)C)[C@@H](O)[C@@]1(C)O.C=C1N=C(N)C=CN1C1O[C@H](CCP(=C)(C)C)[C@@H](O)[C@]1(C)O.C=C1N=C(N)C=CN1[C@@H]1O[C@](C)(CCP(=C)(C)C)[C@@H](O)[C@H]1O. The lowest BCUT2D eigenvalue weighted by Gasteiger charge is -2.37. The molecule has 0 radical (unpaired) electrons. The Morgan fingerprint density at radius 3 is 1.09 bits per heavy atom. The Morgan fingerprint density at radius 1 is 0.432 bits per heavy atom. The summed E-state index contributed by atoms with van der Waals surface area (Å²) in [7, 11) is 0. The predicted octanol–water partition coefficient (Wildman–Crippen LogP) is 3.33. The van der Waals surface area contributed by atoms with Gasteiger partial charge in [0.05, 0.1) is 31.0 Å². The van der Waals surface area contributed by atoms with E-state index in [4.69, 9.17) is 61.8 Å². The summed E-state index contributed by atoms with van der Waals surface area (Å²) in [5.74, 6) is 4.03. The van der Waals surface area contributed by atoms with E-state index in [2.05, 4.69) is 156 Å². The Balaban J connectivity index is 0.000000174. The molecule has 0 spiro atoms. The number of hydrogen-bond acceptors (Lipinski definition) is 30. The molecule has 0 saturated carbocycles.